The van der Waals surface area contributed by atoms with Gasteiger partial charge in [-0.2, -0.15) is 0 Å². The molecule has 8 heteroatoms. The Morgan fingerprint density at radius 3 is 2.69 bits per heavy atom. The van der Waals surface area contributed by atoms with Crippen LogP contribution >= 0.6 is 11.3 Å². The number of phenols is 1. The molecular weight excluding hydrogens is 460 g/mol. The van der Waals surface area contributed by atoms with E-state index in [0.717, 1.165) is 49.2 Å². The van der Waals surface area contributed by atoms with Crippen LogP contribution < -0.4 is 10.6 Å². The summed E-state index contributed by atoms with van der Waals surface area (Å²) in [5.41, 5.74) is 1.59. The van der Waals surface area contributed by atoms with E-state index in [4.69, 9.17) is 0 Å². The molecule has 2 aromatic rings. The van der Waals surface area contributed by atoms with E-state index in [9.17, 15) is 14.7 Å². The molecule has 1 aliphatic heterocycles. The molecule has 4 rings (SSSR count). The number of hydrogen-bond donors (Lipinski definition) is 3. The van der Waals surface area contributed by atoms with Crippen molar-refractivity contribution in [1.29, 1.82) is 0 Å². The highest BCUT2D eigenvalue weighted by molar-refractivity contribution is 7.10. The minimum atomic E-state index is -0.299. The summed E-state index contributed by atoms with van der Waals surface area (Å²) in [5.74, 6) is 0.227. The summed E-state index contributed by atoms with van der Waals surface area (Å²) in [7, 11) is 1.89. The fourth-order valence-electron chi connectivity index (χ4n) is 5.15. The predicted octanol–water partition coefficient (Wildman–Crippen LogP) is 4.40. The molecule has 1 aromatic carbocycles. The maximum Gasteiger partial charge on any atom is 0.245 e. The van der Waals surface area contributed by atoms with Crippen molar-refractivity contribution in [3.05, 3.63) is 58.2 Å². The number of likely N-dealkylation sites (tertiary alicyclic amines) is 1. The molecule has 1 saturated carbocycles. The quantitative estimate of drug-likeness (QED) is 0.446. The Bertz CT molecular complexity index is 1060. The van der Waals surface area contributed by atoms with Gasteiger partial charge < -0.3 is 20.6 Å². The molecular formula is C27H36N4O3S. The third kappa shape index (κ3) is 5.76. The topological polar surface area (TPSA) is 94.6 Å². The molecule has 2 fully saturated rings. The molecule has 2 heterocycles. The van der Waals surface area contributed by atoms with E-state index in [1.165, 1.54) is 29.9 Å². The van der Waals surface area contributed by atoms with Crippen LogP contribution in [0, 0.1) is 5.92 Å². The number of ketones is 1. The summed E-state index contributed by atoms with van der Waals surface area (Å²) in [5, 5.41) is 19.0. The van der Waals surface area contributed by atoms with Crippen LogP contribution in [-0.4, -0.2) is 52.4 Å². The van der Waals surface area contributed by atoms with Crippen molar-refractivity contribution in [3.63, 3.8) is 0 Å². The molecule has 1 saturated heterocycles. The second kappa shape index (κ2) is 11.4. The van der Waals surface area contributed by atoms with E-state index in [1.54, 1.807) is 17.5 Å². The Morgan fingerprint density at radius 2 is 1.97 bits per heavy atom. The van der Waals surface area contributed by atoms with Gasteiger partial charge in [-0.25, -0.2) is 4.98 Å². The zero-order chi connectivity index (χ0) is 24.9. The highest BCUT2D eigenvalue weighted by Crippen LogP contribution is 2.36. The normalized spacial score (nSPS) is 20.4. The predicted molar refractivity (Wildman–Crippen MR) is 139 cm³/mol. The average molecular weight is 497 g/mol. The van der Waals surface area contributed by atoms with Crippen LogP contribution in [0.5, 0.6) is 5.75 Å². The lowest BCUT2D eigenvalue weighted by Gasteiger charge is -2.36. The van der Waals surface area contributed by atoms with Crippen molar-refractivity contribution in [2.45, 2.75) is 70.0 Å². The first-order chi connectivity index (χ1) is 16.9. The Kier molecular flexibility index (Phi) is 8.23. The van der Waals surface area contributed by atoms with Crippen molar-refractivity contribution in [3.8, 4) is 5.75 Å². The van der Waals surface area contributed by atoms with Gasteiger partial charge >= 0.3 is 0 Å². The number of carbonyl (C=O) groups excluding carboxylic acids is 2. The first kappa shape index (κ1) is 25.4. The number of carbonyl (C=O) groups is 2. The van der Waals surface area contributed by atoms with E-state index in [0.29, 0.717) is 17.8 Å². The molecule has 1 aliphatic carbocycles. The monoisotopic (exact) mass is 496 g/mol. The fraction of sp³-hybridized carbons (Fsp3) is 0.519. The van der Waals surface area contributed by atoms with Gasteiger partial charge in [0, 0.05) is 29.2 Å². The zero-order valence-electron chi connectivity index (χ0n) is 20.6. The number of phenolic OH excluding ortho intramolecular Hbond substituents is 1. The van der Waals surface area contributed by atoms with Crippen molar-refractivity contribution < 1.29 is 14.7 Å². The van der Waals surface area contributed by atoms with Gasteiger partial charge in [-0.05, 0) is 57.7 Å². The molecule has 188 valence electrons. The first-order valence-corrected chi connectivity index (χ1v) is 13.5. The summed E-state index contributed by atoms with van der Waals surface area (Å²) in [6, 6.07) is 5.95. The smallest absolute Gasteiger partial charge is 0.245 e. The molecule has 0 unspecified atom stereocenters. The minimum absolute atomic E-state index is 0.0503. The van der Waals surface area contributed by atoms with Crippen LogP contribution in [0.4, 0.5) is 0 Å². The second-order valence-corrected chi connectivity index (χ2v) is 10.6. The fourth-order valence-corrected chi connectivity index (χ4v) is 6.10. The molecule has 7 nitrogen and oxygen atoms in total. The standard InChI is InChI=1S/C27H36N4O3S/c1-17(28-3)18(2)29-24(19-9-5-4-6-10-19)27(34)31-14-8-13-23(31)26-30-22(16-35-26)25(33)20-11-7-12-21(32)15-20/h7,11-12,15-17,19,23-24,28-29,32H,2,4-6,8-10,13-14H2,1,3H3/t17-,23-,24-/m0/s1. The van der Waals surface area contributed by atoms with Crippen LogP contribution in [0.15, 0.2) is 41.9 Å². The first-order valence-electron chi connectivity index (χ1n) is 12.6. The number of amides is 1. The van der Waals surface area contributed by atoms with Crippen LogP contribution in [0.2, 0.25) is 0 Å². The number of rotatable bonds is 9. The Hall–Kier alpha value is -2.71. The van der Waals surface area contributed by atoms with Crippen LogP contribution in [0.1, 0.15) is 79.0 Å². The number of benzene rings is 1. The zero-order valence-corrected chi connectivity index (χ0v) is 21.4. The maximum atomic E-state index is 14.0. The molecule has 3 atom stereocenters. The van der Waals surface area contributed by atoms with Crippen molar-refractivity contribution >= 4 is 23.0 Å². The largest absolute Gasteiger partial charge is 0.508 e. The van der Waals surface area contributed by atoms with Gasteiger partial charge in [-0.1, -0.05) is 38.0 Å². The number of thiazole rings is 1. The van der Waals surface area contributed by atoms with Crippen LogP contribution in [0.3, 0.4) is 0 Å². The van der Waals surface area contributed by atoms with E-state index >= 15 is 0 Å². The molecule has 1 amide bonds. The van der Waals surface area contributed by atoms with Crippen molar-refractivity contribution in [1.82, 2.24) is 20.5 Å². The Balaban J connectivity index is 1.53. The van der Waals surface area contributed by atoms with Gasteiger partial charge in [-0.15, -0.1) is 11.3 Å². The summed E-state index contributed by atoms with van der Waals surface area (Å²) >= 11 is 1.43. The third-order valence-corrected chi connectivity index (χ3v) is 8.31. The van der Waals surface area contributed by atoms with Gasteiger partial charge in [0.1, 0.15) is 22.5 Å². The van der Waals surface area contributed by atoms with E-state index in [1.807, 2.05) is 18.9 Å². The van der Waals surface area contributed by atoms with E-state index in [2.05, 4.69) is 22.2 Å². The number of aromatic hydroxyl groups is 1. The second-order valence-electron chi connectivity index (χ2n) is 9.70. The molecule has 2 aliphatic rings. The van der Waals surface area contributed by atoms with Gasteiger partial charge in [0.2, 0.25) is 11.7 Å². The maximum absolute atomic E-state index is 14.0. The van der Waals surface area contributed by atoms with Crippen LogP contribution in [-0.2, 0) is 4.79 Å². The molecule has 0 radical (unpaired) electrons. The van der Waals surface area contributed by atoms with Crippen molar-refractivity contribution in [2.24, 2.45) is 5.92 Å². The number of nitrogens with one attached hydrogen (secondary N) is 2. The average Bonchev–Trinajstić information content (AvgIpc) is 3.56. The number of likely N-dealkylation sites (N-methyl/N-ethyl adjacent to an activating group) is 1. The summed E-state index contributed by atoms with van der Waals surface area (Å²) < 4.78 is 0. The Labute approximate surface area is 211 Å². The highest BCUT2D eigenvalue weighted by Gasteiger charge is 2.39. The lowest BCUT2D eigenvalue weighted by molar-refractivity contribution is -0.136. The van der Waals surface area contributed by atoms with Gasteiger partial charge in [0.05, 0.1) is 6.04 Å². The Morgan fingerprint density at radius 1 is 1.20 bits per heavy atom. The number of aromatic nitrogens is 1. The summed E-state index contributed by atoms with van der Waals surface area (Å²) in [4.78, 5) is 33.5. The van der Waals surface area contributed by atoms with E-state index < -0.39 is 0 Å². The van der Waals surface area contributed by atoms with Gasteiger partial charge in [0.25, 0.3) is 0 Å². The molecule has 0 spiro atoms. The van der Waals surface area contributed by atoms with Gasteiger partial charge in [-0.3, -0.25) is 9.59 Å². The molecule has 1 aromatic heterocycles. The van der Waals surface area contributed by atoms with Crippen LogP contribution in [0.25, 0.3) is 0 Å². The molecule has 0 bridgehead atoms. The molecule has 3 N–H and O–H groups in total. The number of hydrogen-bond acceptors (Lipinski definition) is 7. The lowest BCUT2D eigenvalue weighted by Crippen LogP contribution is -2.52. The van der Waals surface area contributed by atoms with Gasteiger partial charge in [0.15, 0.2) is 0 Å². The number of nitrogens with zero attached hydrogens (tertiary/aromatic N) is 2. The SMILES string of the molecule is C=C(N[C@H](C(=O)N1CCC[C@H]1c1nc(C(=O)c2cccc(O)c2)cs1)C1CCCCC1)[C@H](C)NC. The molecule has 35 heavy (non-hydrogen) atoms. The van der Waals surface area contributed by atoms with E-state index in [-0.39, 0.29) is 41.5 Å². The summed E-state index contributed by atoms with van der Waals surface area (Å²) in [6.45, 7) is 6.93. The third-order valence-electron chi connectivity index (χ3n) is 7.37. The van der Waals surface area contributed by atoms with Crippen molar-refractivity contribution in [2.75, 3.05) is 13.6 Å². The summed E-state index contributed by atoms with van der Waals surface area (Å²) in [6.07, 6.45) is 7.38. The minimum Gasteiger partial charge on any atom is -0.508 e. The highest BCUT2D eigenvalue weighted by atomic mass is 32.1. The lowest BCUT2D eigenvalue weighted by atomic mass is 9.83.